The number of nitrogens with one attached hydrogen (secondary N) is 2. The van der Waals surface area contributed by atoms with Gasteiger partial charge < -0.3 is 0 Å². The number of rotatable bonds is 6. The molecule has 0 unspecified atom stereocenters. The summed E-state index contributed by atoms with van der Waals surface area (Å²) in [6.45, 7) is 0. The number of hydrogen-bond donors (Lipinski definition) is 2. The summed E-state index contributed by atoms with van der Waals surface area (Å²) in [6, 6.07) is 10.3. The van der Waals surface area contributed by atoms with Crippen LogP contribution in [-0.4, -0.2) is 16.8 Å². The molecule has 148 valence electrons. The minimum Gasteiger partial charge on any atom is -0.280 e. The molecule has 0 aliphatic rings. The van der Waals surface area contributed by atoms with Crippen molar-refractivity contribution < 1.29 is 25.6 Å². The number of halogens is 3. The number of benzene rings is 2. The van der Waals surface area contributed by atoms with Gasteiger partial charge in [0.15, 0.2) is 11.6 Å². The van der Waals surface area contributed by atoms with Crippen LogP contribution in [0.5, 0.6) is 0 Å². The van der Waals surface area contributed by atoms with Crippen molar-refractivity contribution in [3.63, 3.8) is 0 Å². The highest BCUT2D eigenvalue weighted by molar-refractivity contribution is 7.94. The van der Waals surface area contributed by atoms with Gasteiger partial charge in [0.05, 0.1) is 9.23 Å². The summed E-state index contributed by atoms with van der Waals surface area (Å²) in [6.07, 6.45) is 0. The number of anilines is 2. The van der Waals surface area contributed by atoms with Crippen molar-refractivity contribution in [3.8, 4) is 0 Å². The first-order chi connectivity index (χ1) is 13.1. The first kappa shape index (κ1) is 20.5. The Hall–Kier alpha value is -2.21. The van der Waals surface area contributed by atoms with Crippen molar-refractivity contribution in [1.29, 1.82) is 0 Å². The first-order valence-electron chi connectivity index (χ1n) is 7.43. The fourth-order valence-electron chi connectivity index (χ4n) is 2.11. The third-order valence-corrected chi connectivity index (χ3v) is 7.89. The summed E-state index contributed by atoms with van der Waals surface area (Å²) in [5.41, 5.74) is 0.298. The molecule has 0 saturated heterocycles. The van der Waals surface area contributed by atoms with Crippen LogP contribution in [0.25, 0.3) is 0 Å². The summed E-state index contributed by atoms with van der Waals surface area (Å²) in [5.74, 6) is -2.45. The van der Waals surface area contributed by atoms with Crippen molar-refractivity contribution in [1.82, 2.24) is 0 Å². The van der Waals surface area contributed by atoms with Crippen LogP contribution >= 0.6 is 22.9 Å². The molecule has 12 heteroatoms. The molecule has 1 aromatic heterocycles. The number of thiophene rings is 1. The van der Waals surface area contributed by atoms with Crippen molar-refractivity contribution in [3.05, 3.63) is 70.6 Å². The van der Waals surface area contributed by atoms with Crippen LogP contribution in [0, 0.1) is 11.6 Å². The molecular weight excluding hydrogens is 454 g/mol. The maximum atomic E-state index is 13.3. The highest BCUT2D eigenvalue weighted by Gasteiger charge is 2.18. The lowest BCUT2D eigenvalue weighted by atomic mass is 10.3. The maximum Gasteiger partial charge on any atom is 0.271 e. The Bertz CT molecular complexity index is 1230. The molecule has 0 fully saturated rings. The molecule has 0 amide bonds. The lowest BCUT2D eigenvalue weighted by molar-refractivity contribution is 0.504. The molecule has 0 radical (unpaired) electrons. The average Bonchev–Trinajstić information content (AvgIpc) is 3.06. The van der Waals surface area contributed by atoms with Crippen molar-refractivity contribution in [2.45, 2.75) is 9.10 Å². The first-order valence-corrected chi connectivity index (χ1v) is 11.6. The average molecular weight is 465 g/mol. The topological polar surface area (TPSA) is 92.3 Å². The van der Waals surface area contributed by atoms with E-state index >= 15 is 0 Å². The van der Waals surface area contributed by atoms with Crippen LogP contribution in [0.4, 0.5) is 20.2 Å². The largest absolute Gasteiger partial charge is 0.280 e. The normalized spacial score (nSPS) is 12.0. The van der Waals surface area contributed by atoms with Gasteiger partial charge in [-0.1, -0.05) is 11.6 Å². The zero-order valence-electron chi connectivity index (χ0n) is 13.7. The molecule has 0 bridgehead atoms. The monoisotopic (exact) mass is 464 g/mol. The zero-order chi connectivity index (χ0) is 20.5. The van der Waals surface area contributed by atoms with Crippen LogP contribution in [0.2, 0.25) is 4.34 Å². The molecule has 0 saturated carbocycles. The van der Waals surface area contributed by atoms with Gasteiger partial charge in [-0.25, -0.2) is 25.6 Å². The second kappa shape index (κ2) is 7.66. The van der Waals surface area contributed by atoms with Gasteiger partial charge in [-0.3, -0.25) is 9.44 Å². The van der Waals surface area contributed by atoms with E-state index in [1.54, 1.807) is 0 Å². The highest BCUT2D eigenvalue weighted by Crippen LogP contribution is 2.28. The summed E-state index contributed by atoms with van der Waals surface area (Å²) in [5, 5.41) is 0. The molecule has 2 N–H and O–H groups in total. The number of sulfonamides is 2. The second-order valence-electron chi connectivity index (χ2n) is 5.42. The van der Waals surface area contributed by atoms with Gasteiger partial charge in [0.1, 0.15) is 4.21 Å². The van der Waals surface area contributed by atoms with Crippen molar-refractivity contribution in [2.75, 3.05) is 9.44 Å². The SMILES string of the molecule is O=S(=O)(Nc1ccc(NS(=O)(=O)c2ccc(Cl)s2)cc1)c1ccc(F)c(F)c1. The van der Waals surface area contributed by atoms with Gasteiger partial charge in [0, 0.05) is 11.4 Å². The van der Waals surface area contributed by atoms with E-state index in [0.717, 1.165) is 17.4 Å². The lowest BCUT2D eigenvalue weighted by Crippen LogP contribution is -2.14. The zero-order valence-corrected chi connectivity index (χ0v) is 16.9. The predicted molar refractivity (Wildman–Crippen MR) is 104 cm³/mol. The summed E-state index contributed by atoms with van der Waals surface area (Å²) >= 11 is 6.63. The Morgan fingerprint density at radius 1 is 0.750 bits per heavy atom. The fraction of sp³-hybridized carbons (Fsp3) is 0. The highest BCUT2D eigenvalue weighted by atomic mass is 35.5. The molecule has 2 aromatic carbocycles. The minimum atomic E-state index is -4.15. The molecule has 28 heavy (non-hydrogen) atoms. The van der Waals surface area contributed by atoms with Crippen molar-refractivity contribution >= 4 is 54.4 Å². The van der Waals surface area contributed by atoms with E-state index < -0.39 is 36.6 Å². The van der Waals surface area contributed by atoms with Gasteiger partial charge in [-0.15, -0.1) is 11.3 Å². The summed E-state index contributed by atoms with van der Waals surface area (Å²) < 4.78 is 80.1. The van der Waals surface area contributed by atoms with Crippen LogP contribution in [0.3, 0.4) is 0 Å². The lowest BCUT2D eigenvalue weighted by Gasteiger charge is -2.10. The molecule has 1 heterocycles. The van der Waals surface area contributed by atoms with Crippen LogP contribution in [-0.2, 0) is 20.0 Å². The minimum absolute atomic E-state index is 0.0283. The standard InChI is InChI=1S/C16H11ClF2N2O4S3/c17-15-7-8-16(26-15)28(24,25)21-11-3-1-10(2-4-11)20-27(22,23)12-5-6-13(18)14(19)9-12/h1-9,20-21H. The molecule has 0 atom stereocenters. The maximum absolute atomic E-state index is 13.3. The molecular formula is C16H11ClF2N2O4S3. The van der Waals surface area contributed by atoms with E-state index in [1.165, 1.54) is 36.4 Å². The Morgan fingerprint density at radius 3 is 1.82 bits per heavy atom. The van der Waals surface area contributed by atoms with E-state index in [9.17, 15) is 25.6 Å². The Labute approximate surface area is 168 Å². The van der Waals surface area contributed by atoms with Crippen LogP contribution < -0.4 is 9.44 Å². The third-order valence-electron chi connectivity index (χ3n) is 3.40. The molecule has 0 spiro atoms. The van der Waals surface area contributed by atoms with E-state index in [4.69, 9.17) is 11.6 Å². The van der Waals surface area contributed by atoms with Gasteiger partial charge in [0.2, 0.25) is 0 Å². The number of hydrogen-bond acceptors (Lipinski definition) is 5. The van der Waals surface area contributed by atoms with Crippen LogP contribution in [0.15, 0.2) is 63.7 Å². The molecule has 0 aliphatic carbocycles. The molecule has 3 rings (SSSR count). The van der Waals surface area contributed by atoms with Gasteiger partial charge in [-0.05, 0) is 54.6 Å². The van der Waals surface area contributed by atoms with E-state index in [2.05, 4.69) is 9.44 Å². The van der Waals surface area contributed by atoms with Gasteiger partial charge in [0.25, 0.3) is 20.0 Å². The Balaban J connectivity index is 1.76. The van der Waals surface area contributed by atoms with Gasteiger partial charge >= 0.3 is 0 Å². The Morgan fingerprint density at radius 2 is 1.32 bits per heavy atom. The predicted octanol–water partition coefficient (Wildman–Crippen LogP) is 4.28. The van der Waals surface area contributed by atoms with E-state index in [-0.39, 0.29) is 15.6 Å². The molecule has 6 nitrogen and oxygen atoms in total. The molecule has 3 aromatic rings. The quantitative estimate of drug-likeness (QED) is 0.569. The Kier molecular flexibility index (Phi) is 5.62. The van der Waals surface area contributed by atoms with E-state index in [0.29, 0.717) is 16.5 Å². The second-order valence-corrected chi connectivity index (χ2v) is 10.7. The fourth-order valence-corrected chi connectivity index (χ4v) is 5.72. The molecule has 0 aliphatic heterocycles. The third kappa shape index (κ3) is 4.61. The smallest absolute Gasteiger partial charge is 0.271 e. The van der Waals surface area contributed by atoms with Crippen LogP contribution in [0.1, 0.15) is 0 Å². The van der Waals surface area contributed by atoms with E-state index in [1.807, 2.05) is 0 Å². The van der Waals surface area contributed by atoms with Crippen molar-refractivity contribution in [2.24, 2.45) is 0 Å². The summed E-state index contributed by atoms with van der Waals surface area (Å²) in [4.78, 5) is -0.453. The van der Waals surface area contributed by atoms with Gasteiger partial charge in [-0.2, -0.15) is 0 Å². The summed E-state index contributed by atoms with van der Waals surface area (Å²) in [7, 11) is -7.97.